The molecule has 9 aromatic carbocycles. The van der Waals surface area contributed by atoms with Gasteiger partial charge in [-0.15, -0.1) is 0 Å². The molecule has 0 unspecified atom stereocenters. The SMILES string of the molecule is CC(C)(C)c1ccc2c(c1)C1(c3cc(C(C)(C)C)ccc3O2)c2ccccc2N(c2ccc3c(c2)[Si]2(c4ccccc4-c4ccccc42)c2ccccc2-3)c2c1ccc1ccccc21. The molecule has 0 N–H and O–H groups in total. The van der Waals surface area contributed by atoms with Crippen LogP contribution < -0.4 is 30.4 Å². The van der Waals surface area contributed by atoms with Crippen LogP contribution in [0.15, 0.2) is 188 Å². The Labute approximate surface area is 377 Å². The number of nitrogens with zero attached hydrogens (tertiary/aromatic N) is 1. The van der Waals surface area contributed by atoms with Crippen molar-refractivity contribution in [3.05, 3.63) is 221 Å². The van der Waals surface area contributed by atoms with Gasteiger partial charge in [-0.2, -0.15) is 0 Å². The van der Waals surface area contributed by atoms with Crippen molar-refractivity contribution in [3.63, 3.8) is 0 Å². The van der Waals surface area contributed by atoms with E-state index in [0.29, 0.717) is 0 Å². The van der Waals surface area contributed by atoms with Crippen molar-refractivity contribution in [1.82, 2.24) is 0 Å². The van der Waals surface area contributed by atoms with Crippen LogP contribution in [0.2, 0.25) is 0 Å². The Balaban J connectivity index is 1.16. The lowest BCUT2D eigenvalue weighted by Crippen LogP contribution is -2.70. The van der Waals surface area contributed by atoms with E-state index in [1.165, 1.54) is 104 Å². The average molecular weight is 840 g/mol. The zero-order chi connectivity index (χ0) is 43.3. The van der Waals surface area contributed by atoms with Crippen molar-refractivity contribution in [1.29, 1.82) is 0 Å². The molecule has 0 atom stereocenters. The number of ether oxygens (including phenoxy) is 1. The zero-order valence-electron chi connectivity index (χ0n) is 37.3. The third-order valence-corrected chi connectivity index (χ3v) is 20.0. The van der Waals surface area contributed by atoms with E-state index in [0.717, 1.165) is 11.5 Å². The van der Waals surface area contributed by atoms with E-state index >= 15 is 0 Å². The monoisotopic (exact) mass is 839 g/mol. The number of hydrogen-bond donors (Lipinski definition) is 0. The minimum Gasteiger partial charge on any atom is -0.457 e. The third kappa shape index (κ3) is 4.75. The Bertz CT molecular complexity index is 3340. The Morgan fingerprint density at radius 2 is 0.938 bits per heavy atom. The van der Waals surface area contributed by atoms with Gasteiger partial charge in [0.25, 0.3) is 0 Å². The molecular formula is C61H49NOSi. The van der Waals surface area contributed by atoms with Gasteiger partial charge in [-0.3, -0.25) is 0 Å². The Kier molecular flexibility index (Phi) is 7.54. The van der Waals surface area contributed by atoms with Crippen LogP contribution in [0.1, 0.15) is 74.9 Å². The molecule has 13 rings (SSSR count). The molecule has 2 spiro atoms. The topological polar surface area (TPSA) is 12.5 Å². The Morgan fingerprint density at radius 1 is 0.422 bits per heavy atom. The molecule has 0 aliphatic carbocycles. The van der Waals surface area contributed by atoms with Gasteiger partial charge in [-0.05, 0) is 124 Å². The summed E-state index contributed by atoms with van der Waals surface area (Å²) in [5.74, 6) is 1.82. The van der Waals surface area contributed by atoms with Crippen LogP contribution in [0.4, 0.5) is 17.1 Å². The molecule has 0 aromatic heterocycles. The second-order valence-electron chi connectivity index (χ2n) is 20.4. The predicted molar refractivity (Wildman–Crippen MR) is 270 cm³/mol. The van der Waals surface area contributed by atoms with Gasteiger partial charge >= 0.3 is 0 Å². The van der Waals surface area contributed by atoms with Crippen LogP contribution in [0.3, 0.4) is 0 Å². The molecule has 3 heteroatoms. The highest BCUT2D eigenvalue weighted by molar-refractivity contribution is 7.24. The molecule has 0 saturated carbocycles. The lowest BCUT2D eigenvalue weighted by molar-refractivity contribution is 0.431. The first kappa shape index (κ1) is 37.6. The van der Waals surface area contributed by atoms with Crippen LogP contribution >= 0.6 is 0 Å². The summed E-state index contributed by atoms with van der Waals surface area (Å²) in [7, 11) is -2.71. The van der Waals surface area contributed by atoms with E-state index in [9.17, 15) is 0 Å². The number of benzene rings is 9. The smallest absolute Gasteiger partial charge is 0.182 e. The highest BCUT2D eigenvalue weighted by atomic mass is 28.3. The third-order valence-electron chi connectivity index (χ3n) is 15.0. The largest absolute Gasteiger partial charge is 0.457 e. The van der Waals surface area contributed by atoms with E-state index in [2.05, 4.69) is 234 Å². The molecule has 0 saturated heterocycles. The molecule has 0 radical (unpaired) electrons. The number of para-hydroxylation sites is 1. The van der Waals surface area contributed by atoms with Crippen molar-refractivity contribution < 1.29 is 4.74 Å². The van der Waals surface area contributed by atoms with E-state index < -0.39 is 13.5 Å². The molecule has 0 bridgehead atoms. The summed E-state index contributed by atoms with van der Waals surface area (Å²) in [6, 6.07) is 72.2. The molecule has 0 amide bonds. The van der Waals surface area contributed by atoms with Gasteiger partial charge in [0.15, 0.2) is 8.07 Å². The van der Waals surface area contributed by atoms with Crippen LogP contribution in [0.25, 0.3) is 33.0 Å². The molecule has 4 aliphatic rings. The molecule has 64 heavy (non-hydrogen) atoms. The van der Waals surface area contributed by atoms with Crippen LogP contribution in [-0.2, 0) is 16.2 Å². The number of anilines is 3. The number of hydrogen-bond acceptors (Lipinski definition) is 2. The summed E-state index contributed by atoms with van der Waals surface area (Å²) in [6.45, 7) is 13.9. The highest BCUT2D eigenvalue weighted by Gasteiger charge is 2.55. The van der Waals surface area contributed by atoms with E-state index in [-0.39, 0.29) is 10.8 Å². The first-order valence-electron chi connectivity index (χ1n) is 22.8. The maximum absolute atomic E-state index is 7.05. The van der Waals surface area contributed by atoms with Gasteiger partial charge in [-0.1, -0.05) is 187 Å². The predicted octanol–water partition coefficient (Wildman–Crippen LogP) is 13.0. The fourth-order valence-corrected chi connectivity index (χ4v) is 17.8. The first-order chi connectivity index (χ1) is 31.0. The van der Waals surface area contributed by atoms with Gasteiger partial charge in [0.05, 0.1) is 16.8 Å². The highest BCUT2D eigenvalue weighted by Crippen LogP contribution is 2.64. The van der Waals surface area contributed by atoms with E-state index in [1.54, 1.807) is 0 Å². The molecule has 9 aromatic rings. The summed E-state index contributed by atoms with van der Waals surface area (Å²) in [5.41, 5.74) is 15.7. The summed E-state index contributed by atoms with van der Waals surface area (Å²) in [5, 5.41) is 8.39. The maximum atomic E-state index is 7.05. The second kappa shape index (κ2) is 12.8. The fraction of sp³-hybridized carbons (Fsp3) is 0.148. The molecule has 308 valence electrons. The van der Waals surface area contributed by atoms with E-state index in [1.807, 2.05) is 0 Å². The maximum Gasteiger partial charge on any atom is 0.182 e. The van der Waals surface area contributed by atoms with Crippen molar-refractivity contribution in [2.24, 2.45) is 0 Å². The van der Waals surface area contributed by atoms with Crippen molar-refractivity contribution in [2.45, 2.75) is 57.8 Å². The molecule has 2 nitrogen and oxygen atoms in total. The van der Waals surface area contributed by atoms with Crippen molar-refractivity contribution in [3.8, 4) is 33.8 Å². The normalized spacial score (nSPS) is 15.4. The second-order valence-corrected chi connectivity index (χ2v) is 24.1. The lowest BCUT2D eigenvalue weighted by atomic mass is 9.60. The molecule has 4 aliphatic heterocycles. The van der Waals surface area contributed by atoms with Gasteiger partial charge in [0.1, 0.15) is 11.5 Å². The van der Waals surface area contributed by atoms with Crippen LogP contribution in [0, 0.1) is 0 Å². The quantitative estimate of drug-likeness (QED) is 0.153. The minimum atomic E-state index is -2.71. The standard InChI is InChI=1S/C61H49NOSi/c1-59(2,3)39-28-33-52-49(35-39)61(50-36-40(60(4,5)6)29-34-53(50)63-52)47-22-12-13-23-51(47)62(58-42-18-8-7-17-38(42)27-32-48(58)61)41-30-31-46-45-21-11-16-26-56(45)64(57(46)37-41)54-24-14-9-19-43(54)44-20-10-15-25-55(44)64/h7-37H,1-6H3. The summed E-state index contributed by atoms with van der Waals surface area (Å²) in [6.07, 6.45) is 0. The molecule has 4 heterocycles. The number of fused-ring (bicyclic) bond motifs is 20. The molecular weight excluding hydrogens is 791 g/mol. The fourth-order valence-electron chi connectivity index (χ4n) is 12.1. The lowest BCUT2D eigenvalue weighted by Gasteiger charge is -2.49. The number of rotatable bonds is 1. The summed E-state index contributed by atoms with van der Waals surface area (Å²) in [4.78, 5) is 2.62. The van der Waals surface area contributed by atoms with Crippen LogP contribution in [0.5, 0.6) is 11.5 Å². The Morgan fingerprint density at radius 3 is 1.53 bits per heavy atom. The summed E-state index contributed by atoms with van der Waals surface area (Å²) >= 11 is 0. The van der Waals surface area contributed by atoms with Crippen LogP contribution in [-0.4, -0.2) is 8.07 Å². The summed E-state index contributed by atoms with van der Waals surface area (Å²) < 4.78 is 7.05. The Hall–Kier alpha value is -6.94. The van der Waals surface area contributed by atoms with Crippen molar-refractivity contribution in [2.75, 3.05) is 4.90 Å². The first-order valence-corrected chi connectivity index (χ1v) is 24.8. The molecule has 0 fully saturated rings. The minimum absolute atomic E-state index is 0.0739. The zero-order valence-corrected chi connectivity index (χ0v) is 38.3. The van der Waals surface area contributed by atoms with Gasteiger partial charge in [-0.25, -0.2) is 0 Å². The van der Waals surface area contributed by atoms with E-state index in [4.69, 9.17) is 4.74 Å². The van der Waals surface area contributed by atoms with Crippen molar-refractivity contribution >= 4 is 56.7 Å². The average Bonchev–Trinajstić information content (AvgIpc) is 3.77. The van der Waals surface area contributed by atoms with Gasteiger partial charge in [0.2, 0.25) is 0 Å². The van der Waals surface area contributed by atoms with Gasteiger partial charge < -0.3 is 9.64 Å². The van der Waals surface area contributed by atoms with Gasteiger partial charge in [0, 0.05) is 22.2 Å².